The third-order valence-electron chi connectivity index (χ3n) is 3.41. The number of rotatable bonds is 4. The van der Waals surface area contributed by atoms with Crippen LogP contribution in [-0.4, -0.2) is 35.7 Å². The van der Waals surface area contributed by atoms with Crippen LogP contribution in [-0.2, 0) is 17.8 Å². The summed E-state index contributed by atoms with van der Waals surface area (Å²) >= 11 is 0. The molecule has 1 aromatic rings. The van der Waals surface area contributed by atoms with Crippen molar-refractivity contribution in [3.05, 3.63) is 23.7 Å². The number of hydrogen-bond acceptors (Lipinski definition) is 4. The molecule has 4 nitrogen and oxygen atoms in total. The highest BCUT2D eigenvalue weighted by Crippen LogP contribution is 2.16. The summed E-state index contributed by atoms with van der Waals surface area (Å²) in [6, 6.07) is 2.16. The minimum Gasteiger partial charge on any atom is -0.468 e. The number of furan rings is 1. The second kappa shape index (κ2) is 6.29. The normalized spacial score (nSPS) is 25.1. The van der Waals surface area contributed by atoms with Crippen molar-refractivity contribution >= 4 is 0 Å². The molecule has 1 fully saturated rings. The fourth-order valence-electron chi connectivity index (χ4n) is 2.60. The maximum atomic E-state index is 5.75. The molecule has 2 heterocycles. The molecule has 2 atom stereocenters. The third kappa shape index (κ3) is 4.93. The molecule has 1 aliphatic heterocycles. The summed E-state index contributed by atoms with van der Waals surface area (Å²) in [5.41, 5.74) is 1.34. The molecule has 114 valence electrons. The van der Waals surface area contributed by atoms with Crippen molar-refractivity contribution in [3.8, 4) is 0 Å². The fourth-order valence-corrected chi connectivity index (χ4v) is 2.60. The largest absolute Gasteiger partial charge is 0.468 e. The van der Waals surface area contributed by atoms with Gasteiger partial charge in [-0.2, -0.15) is 0 Å². The van der Waals surface area contributed by atoms with E-state index in [2.05, 4.69) is 50.9 Å². The summed E-state index contributed by atoms with van der Waals surface area (Å²) in [6.45, 7) is 14.4. The third-order valence-corrected chi connectivity index (χ3v) is 3.41. The molecule has 0 unspecified atom stereocenters. The van der Waals surface area contributed by atoms with E-state index in [1.54, 1.807) is 0 Å². The number of nitrogens with zero attached hydrogens (tertiary/aromatic N) is 1. The van der Waals surface area contributed by atoms with E-state index in [1.807, 2.05) is 6.26 Å². The average Bonchev–Trinajstić information content (AvgIpc) is 2.72. The summed E-state index contributed by atoms with van der Waals surface area (Å²) in [7, 11) is 0. The van der Waals surface area contributed by atoms with Crippen molar-refractivity contribution in [2.75, 3.05) is 13.1 Å². The van der Waals surface area contributed by atoms with Gasteiger partial charge in [-0.3, -0.25) is 4.90 Å². The molecule has 1 saturated heterocycles. The van der Waals surface area contributed by atoms with E-state index in [0.717, 1.165) is 31.9 Å². The smallest absolute Gasteiger partial charge is 0.118 e. The van der Waals surface area contributed by atoms with Crippen molar-refractivity contribution in [1.82, 2.24) is 10.2 Å². The van der Waals surface area contributed by atoms with Gasteiger partial charge in [-0.1, -0.05) is 0 Å². The van der Waals surface area contributed by atoms with Gasteiger partial charge in [-0.15, -0.1) is 0 Å². The van der Waals surface area contributed by atoms with Gasteiger partial charge in [0, 0.05) is 30.7 Å². The number of ether oxygens (including phenoxy) is 1. The molecule has 0 aliphatic carbocycles. The Labute approximate surface area is 122 Å². The van der Waals surface area contributed by atoms with Gasteiger partial charge in [-0.25, -0.2) is 0 Å². The lowest BCUT2D eigenvalue weighted by molar-refractivity contribution is -0.0718. The number of hydrogen-bond donors (Lipinski definition) is 1. The first-order valence-electron chi connectivity index (χ1n) is 7.51. The van der Waals surface area contributed by atoms with E-state index >= 15 is 0 Å². The van der Waals surface area contributed by atoms with E-state index in [0.29, 0.717) is 12.2 Å². The first kappa shape index (κ1) is 15.5. The molecule has 4 heteroatoms. The van der Waals surface area contributed by atoms with Gasteiger partial charge >= 0.3 is 0 Å². The van der Waals surface area contributed by atoms with Crippen molar-refractivity contribution in [2.24, 2.45) is 0 Å². The second-order valence-corrected chi connectivity index (χ2v) is 6.98. The zero-order valence-corrected chi connectivity index (χ0v) is 13.4. The molecular formula is C16H28N2O2. The lowest BCUT2D eigenvalue weighted by Gasteiger charge is -2.34. The molecule has 0 bridgehead atoms. The van der Waals surface area contributed by atoms with Gasteiger partial charge in [0.05, 0.1) is 25.0 Å². The quantitative estimate of drug-likeness (QED) is 0.920. The highest BCUT2D eigenvalue weighted by molar-refractivity contribution is 5.13. The standard InChI is InChI=1S/C16H28N2O2/c1-12-8-18(9-13(2)20-12)10-15-6-14(11-19-15)7-17-16(3,4)5/h6,11-13,17H,7-10H2,1-5H3/t12-,13+. The summed E-state index contributed by atoms with van der Waals surface area (Å²) in [4.78, 5) is 2.40. The summed E-state index contributed by atoms with van der Waals surface area (Å²) < 4.78 is 11.4. The predicted molar refractivity (Wildman–Crippen MR) is 80.6 cm³/mol. The Hall–Kier alpha value is -0.840. The van der Waals surface area contributed by atoms with Crippen molar-refractivity contribution in [2.45, 2.75) is 65.5 Å². The maximum Gasteiger partial charge on any atom is 0.118 e. The van der Waals surface area contributed by atoms with Gasteiger partial charge in [-0.05, 0) is 40.7 Å². The summed E-state index contributed by atoms with van der Waals surface area (Å²) in [6.07, 6.45) is 2.47. The number of morpholine rings is 1. The minimum absolute atomic E-state index is 0.131. The zero-order valence-electron chi connectivity index (χ0n) is 13.4. The van der Waals surface area contributed by atoms with Gasteiger partial charge in [0.2, 0.25) is 0 Å². The lowest BCUT2D eigenvalue weighted by atomic mass is 10.1. The van der Waals surface area contributed by atoms with Gasteiger partial charge in [0.15, 0.2) is 0 Å². The molecule has 0 spiro atoms. The summed E-state index contributed by atoms with van der Waals surface area (Å²) in [5.74, 6) is 1.04. The monoisotopic (exact) mass is 280 g/mol. The molecular weight excluding hydrogens is 252 g/mol. The Morgan fingerprint density at radius 1 is 1.25 bits per heavy atom. The van der Waals surface area contributed by atoms with Crippen LogP contribution in [0.5, 0.6) is 0 Å². The van der Waals surface area contributed by atoms with Crippen LogP contribution < -0.4 is 5.32 Å². The molecule has 0 aromatic carbocycles. The van der Waals surface area contributed by atoms with Crippen molar-refractivity contribution in [1.29, 1.82) is 0 Å². The van der Waals surface area contributed by atoms with E-state index in [4.69, 9.17) is 9.15 Å². The highest BCUT2D eigenvalue weighted by atomic mass is 16.5. The average molecular weight is 280 g/mol. The molecule has 1 N–H and O–H groups in total. The van der Waals surface area contributed by atoms with Crippen LogP contribution >= 0.6 is 0 Å². The minimum atomic E-state index is 0.131. The first-order chi connectivity index (χ1) is 9.32. The van der Waals surface area contributed by atoms with Crippen molar-refractivity contribution < 1.29 is 9.15 Å². The Kier molecular flexibility index (Phi) is 4.89. The van der Waals surface area contributed by atoms with Crippen LogP contribution in [0.4, 0.5) is 0 Å². The Balaban J connectivity index is 1.86. The lowest BCUT2D eigenvalue weighted by Crippen LogP contribution is -2.44. The van der Waals surface area contributed by atoms with Crippen LogP contribution in [0.2, 0.25) is 0 Å². The van der Waals surface area contributed by atoms with Crippen LogP contribution in [0.15, 0.2) is 16.7 Å². The molecule has 0 amide bonds. The molecule has 0 radical (unpaired) electrons. The first-order valence-corrected chi connectivity index (χ1v) is 7.51. The molecule has 1 aromatic heterocycles. The van der Waals surface area contributed by atoms with E-state index in [9.17, 15) is 0 Å². The van der Waals surface area contributed by atoms with E-state index < -0.39 is 0 Å². The van der Waals surface area contributed by atoms with Crippen LogP contribution in [0.1, 0.15) is 45.9 Å². The van der Waals surface area contributed by atoms with E-state index in [-0.39, 0.29) is 5.54 Å². The summed E-state index contributed by atoms with van der Waals surface area (Å²) in [5, 5.41) is 3.48. The molecule has 1 aliphatic rings. The van der Waals surface area contributed by atoms with Gasteiger partial charge < -0.3 is 14.5 Å². The second-order valence-electron chi connectivity index (χ2n) is 6.98. The Bertz CT molecular complexity index is 412. The SMILES string of the molecule is C[C@@H]1CN(Cc2cc(CNC(C)(C)C)co2)C[C@H](C)O1. The van der Waals surface area contributed by atoms with E-state index in [1.165, 1.54) is 5.56 Å². The molecule has 0 saturated carbocycles. The van der Waals surface area contributed by atoms with Gasteiger partial charge in [0.1, 0.15) is 5.76 Å². The topological polar surface area (TPSA) is 37.6 Å². The van der Waals surface area contributed by atoms with Gasteiger partial charge in [0.25, 0.3) is 0 Å². The maximum absolute atomic E-state index is 5.75. The number of nitrogens with one attached hydrogen (secondary N) is 1. The van der Waals surface area contributed by atoms with Crippen LogP contribution in [0, 0.1) is 0 Å². The predicted octanol–water partition coefficient (Wildman–Crippen LogP) is 2.78. The highest BCUT2D eigenvalue weighted by Gasteiger charge is 2.22. The molecule has 20 heavy (non-hydrogen) atoms. The Morgan fingerprint density at radius 3 is 2.50 bits per heavy atom. The van der Waals surface area contributed by atoms with Crippen LogP contribution in [0.25, 0.3) is 0 Å². The fraction of sp³-hybridized carbons (Fsp3) is 0.750. The van der Waals surface area contributed by atoms with Crippen molar-refractivity contribution in [3.63, 3.8) is 0 Å². The molecule has 2 rings (SSSR count). The zero-order chi connectivity index (χ0) is 14.8. The Morgan fingerprint density at radius 2 is 1.90 bits per heavy atom. The van der Waals surface area contributed by atoms with Crippen LogP contribution in [0.3, 0.4) is 0 Å².